The average molecular weight is 398 g/mol. The molecule has 8 nitrogen and oxygen atoms in total. The van der Waals surface area contributed by atoms with Crippen LogP contribution in [-0.2, 0) is 9.53 Å². The van der Waals surface area contributed by atoms with Crippen LogP contribution in [0.5, 0.6) is 0 Å². The Labute approximate surface area is 158 Å². The Balaban J connectivity index is 2.07. The molecule has 0 radical (unpaired) electrons. The predicted octanol–water partition coefficient (Wildman–Crippen LogP) is 3.67. The van der Waals surface area contributed by atoms with Gasteiger partial charge in [0.05, 0.1) is 10.5 Å². The van der Waals surface area contributed by atoms with E-state index in [1.54, 1.807) is 0 Å². The number of nitro groups is 1. The fourth-order valence-electron chi connectivity index (χ4n) is 1.98. The number of esters is 1. The van der Waals surface area contributed by atoms with Crippen LogP contribution in [0.15, 0.2) is 36.4 Å². The molecule has 1 atom stereocenters. The fourth-order valence-corrected chi connectivity index (χ4v) is 2.51. The minimum absolute atomic E-state index is 0.0878. The molecule has 10 heteroatoms. The fraction of sp³-hybridized carbons (Fsp3) is 0.125. The van der Waals surface area contributed by atoms with E-state index in [9.17, 15) is 19.7 Å². The van der Waals surface area contributed by atoms with Crippen LogP contribution in [0.4, 0.5) is 17.1 Å². The summed E-state index contributed by atoms with van der Waals surface area (Å²) in [6.07, 6.45) is -1.17. The third-order valence-corrected chi connectivity index (χ3v) is 3.68. The Morgan fingerprint density at radius 2 is 1.81 bits per heavy atom. The molecule has 0 aromatic heterocycles. The normalized spacial score (nSPS) is 11.5. The van der Waals surface area contributed by atoms with Crippen LogP contribution in [0, 0.1) is 10.1 Å². The van der Waals surface area contributed by atoms with Crippen molar-refractivity contribution in [2.45, 2.75) is 13.0 Å². The van der Waals surface area contributed by atoms with Gasteiger partial charge in [-0.1, -0.05) is 23.2 Å². The molecule has 0 saturated carbocycles. The van der Waals surface area contributed by atoms with Gasteiger partial charge in [-0.15, -0.1) is 0 Å². The number of nitrogens with zero attached hydrogens (tertiary/aromatic N) is 1. The number of nitrogens with two attached hydrogens (primary N) is 1. The van der Waals surface area contributed by atoms with Gasteiger partial charge in [-0.25, -0.2) is 4.79 Å². The molecule has 0 heterocycles. The first kappa shape index (κ1) is 19.5. The second kappa shape index (κ2) is 8.03. The number of rotatable bonds is 5. The highest BCUT2D eigenvalue weighted by atomic mass is 35.5. The van der Waals surface area contributed by atoms with Crippen LogP contribution >= 0.6 is 23.2 Å². The number of anilines is 2. The van der Waals surface area contributed by atoms with Crippen molar-refractivity contribution in [1.82, 2.24) is 0 Å². The van der Waals surface area contributed by atoms with E-state index in [1.807, 2.05) is 0 Å². The Bertz CT molecular complexity index is 868. The number of amides is 1. The van der Waals surface area contributed by atoms with E-state index in [-0.39, 0.29) is 11.3 Å². The summed E-state index contributed by atoms with van der Waals surface area (Å²) in [4.78, 5) is 34.4. The summed E-state index contributed by atoms with van der Waals surface area (Å²) < 4.78 is 5.03. The van der Waals surface area contributed by atoms with Crippen molar-refractivity contribution in [3.8, 4) is 0 Å². The summed E-state index contributed by atoms with van der Waals surface area (Å²) in [5, 5.41) is 14.0. The van der Waals surface area contributed by atoms with Gasteiger partial charge in [0, 0.05) is 21.8 Å². The summed E-state index contributed by atoms with van der Waals surface area (Å²) >= 11 is 11.7. The predicted molar refractivity (Wildman–Crippen MR) is 97.5 cm³/mol. The van der Waals surface area contributed by atoms with Crippen molar-refractivity contribution in [1.29, 1.82) is 0 Å². The second-order valence-electron chi connectivity index (χ2n) is 5.23. The molecule has 0 aliphatic carbocycles. The van der Waals surface area contributed by atoms with Crippen molar-refractivity contribution in [2.75, 3.05) is 11.1 Å². The molecular weight excluding hydrogens is 385 g/mol. The van der Waals surface area contributed by atoms with Gasteiger partial charge >= 0.3 is 5.97 Å². The van der Waals surface area contributed by atoms with E-state index in [4.69, 9.17) is 33.7 Å². The highest BCUT2D eigenvalue weighted by Crippen LogP contribution is 2.24. The number of ether oxygens (including phenoxy) is 1. The van der Waals surface area contributed by atoms with E-state index in [0.29, 0.717) is 15.7 Å². The molecule has 2 aromatic carbocycles. The first-order chi connectivity index (χ1) is 12.2. The number of hydrogen-bond donors (Lipinski definition) is 2. The molecule has 0 aliphatic rings. The standard InChI is InChI=1S/C16H13Cl2N3O5/c1-8(15(22)20-12-6-10(17)5-11(18)7-12)26-16(23)9-2-3-13(19)14(4-9)21(24)25/h2-8H,19H2,1H3,(H,20,22)/t8-/m0/s1. The Morgan fingerprint density at radius 1 is 1.19 bits per heavy atom. The minimum atomic E-state index is -1.17. The zero-order valence-electron chi connectivity index (χ0n) is 13.4. The maximum absolute atomic E-state index is 12.1. The number of hydrogen-bond acceptors (Lipinski definition) is 6. The molecule has 2 rings (SSSR count). The maximum atomic E-state index is 12.1. The van der Waals surface area contributed by atoms with E-state index < -0.39 is 28.6 Å². The number of nitro benzene ring substituents is 1. The van der Waals surface area contributed by atoms with E-state index in [0.717, 1.165) is 6.07 Å². The summed E-state index contributed by atoms with van der Waals surface area (Å²) in [6.45, 7) is 1.35. The number of halogens is 2. The van der Waals surface area contributed by atoms with Gasteiger partial charge in [0.2, 0.25) is 0 Å². The SMILES string of the molecule is C[C@H](OC(=O)c1ccc(N)c([N+](=O)[O-])c1)C(=O)Nc1cc(Cl)cc(Cl)c1. The van der Waals surface area contributed by atoms with Gasteiger partial charge in [0.25, 0.3) is 11.6 Å². The van der Waals surface area contributed by atoms with Crippen LogP contribution in [-0.4, -0.2) is 22.9 Å². The van der Waals surface area contributed by atoms with Crippen LogP contribution < -0.4 is 11.1 Å². The molecule has 0 bridgehead atoms. The van der Waals surface area contributed by atoms with Gasteiger partial charge in [0.1, 0.15) is 5.69 Å². The van der Waals surface area contributed by atoms with Gasteiger partial charge in [-0.05, 0) is 37.3 Å². The summed E-state index contributed by atoms with van der Waals surface area (Å²) in [5.41, 5.74) is 5.19. The first-order valence-electron chi connectivity index (χ1n) is 7.19. The third kappa shape index (κ3) is 4.84. The third-order valence-electron chi connectivity index (χ3n) is 3.25. The van der Waals surface area contributed by atoms with Crippen LogP contribution in [0.25, 0.3) is 0 Å². The lowest BCUT2D eigenvalue weighted by Crippen LogP contribution is -2.30. The van der Waals surface area contributed by atoms with Crippen molar-refractivity contribution in [3.05, 3.63) is 62.1 Å². The van der Waals surface area contributed by atoms with Crippen molar-refractivity contribution in [2.24, 2.45) is 0 Å². The van der Waals surface area contributed by atoms with E-state index in [1.165, 1.54) is 37.3 Å². The van der Waals surface area contributed by atoms with Crippen molar-refractivity contribution < 1.29 is 19.2 Å². The quantitative estimate of drug-likeness (QED) is 0.343. The molecule has 1 amide bonds. The highest BCUT2D eigenvalue weighted by molar-refractivity contribution is 6.35. The number of carbonyl (C=O) groups is 2. The van der Waals surface area contributed by atoms with E-state index >= 15 is 0 Å². The molecule has 0 fully saturated rings. The molecule has 2 aromatic rings. The van der Waals surface area contributed by atoms with Crippen LogP contribution in [0.2, 0.25) is 10.0 Å². The largest absolute Gasteiger partial charge is 0.449 e. The molecule has 0 unspecified atom stereocenters. The lowest BCUT2D eigenvalue weighted by atomic mass is 10.2. The second-order valence-corrected chi connectivity index (χ2v) is 6.10. The maximum Gasteiger partial charge on any atom is 0.339 e. The zero-order valence-corrected chi connectivity index (χ0v) is 14.9. The lowest BCUT2D eigenvalue weighted by molar-refractivity contribution is -0.383. The number of carbonyl (C=O) groups excluding carboxylic acids is 2. The first-order valence-corrected chi connectivity index (χ1v) is 7.95. The monoisotopic (exact) mass is 397 g/mol. The average Bonchev–Trinajstić information content (AvgIpc) is 2.53. The molecule has 3 N–H and O–H groups in total. The molecule has 0 aliphatic heterocycles. The molecule has 0 spiro atoms. The van der Waals surface area contributed by atoms with E-state index in [2.05, 4.69) is 5.32 Å². The van der Waals surface area contributed by atoms with Crippen molar-refractivity contribution in [3.63, 3.8) is 0 Å². The molecule has 136 valence electrons. The lowest BCUT2D eigenvalue weighted by Gasteiger charge is -2.14. The highest BCUT2D eigenvalue weighted by Gasteiger charge is 2.22. The molecule has 26 heavy (non-hydrogen) atoms. The van der Waals surface area contributed by atoms with Crippen molar-refractivity contribution >= 4 is 52.1 Å². The van der Waals surface area contributed by atoms with Gasteiger partial charge < -0.3 is 15.8 Å². The topological polar surface area (TPSA) is 125 Å². The van der Waals surface area contributed by atoms with Gasteiger partial charge in [-0.3, -0.25) is 14.9 Å². The Morgan fingerprint density at radius 3 is 2.38 bits per heavy atom. The number of nitrogen functional groups attached to an aromatic ring is 1. The summed E-state index contributed by atoms with van der Waals surface area (Å²) in [6, 6.07) is 7.92. The Kier molecular flexibility index (Phi) is 6.01. The summed E-state index contributed by atoms with van der Waals surface area (Å²) in [7, 11) is 0. The van der Waals surface area contributed by atoms with Crippen LogP contribution in [0.1, 0.15) is 17.3 Å². The smallest absolute Gasteiger partial charge is 0.339 e. The molecule has 0 saturated heterocycles. The van der Waals surface area contributed by atoms with Gasteiger partial charge in [0.15, 0.2) is 6.10 Å². The Hall–Kier alpha value is -2.84. The van der Waals surface area contributed by atoms with Crippen LogP contribution in [0.3, 0.4) is 0 Å². The zero-order chi connectivity index (χ0) is 19.4. The number of benzene rings is 2. The summed E-state index contributed by atoms with van der Waals surface area (Å²) in [5.74, 6) is -1.53. The number of nitrogens with one attached hydrogen (secondary N) is 1. The van der Waals surface area contributed by atoms with Gasteiger partial charge in [-0.2, -0.15) is 0 Å². The minimum Gasteiger partial charge on any atom is -0.449 e. The molecular formula is C16H13Cl2N3O5.